The van der Waals surface area contributed by atoms with Crippen LogP contribution in [0.1, 0.15) is 12.0 Å². The van der Waals surface area contributed by atoms with E-state index in [1.54, 1.807) is 30.3 Å². The quantitative estimate of drug-likeness (QED) is 0.608. The summed E-state index contributed by atoms with van der Waals surface area (Å²) >= 11 is 0. The first-order chi connectivity index (χ1) is 12.6. The van der Waals surface area contributed by atoms with E-state index in [1.807, 2.05) is 0 Å². The first kappa shape index (κ1) is 17.7. The smallest absolute Gasteiger partial charge is 0.344 e. The number of fused-ring (bicyclic) bond motifs is 1. The lowest BCUT2D eigenvalue weighted by Crippen LogP contribution is -2.20. The molecule has 0 radical (unpaired) electrons. The van der Waals surface area contributed by atoms with Gasteiger partial charge < -0.3 is 19.5 Å². The first-order valence-corrected chi connectivity index (χ1v) is 8.20. The van der Waals surface area contributed by atoms with Crippen molar-refractivity contribution in [3.63, 3.8) is 0 Å². The Balaban J connectivity index is 1.39. The molecule has 2 aromatic rings. The van der Waals surface area contributed by atoms with Gasteiger partial charge in [-0.2, -0.15) is 0 Å². The number of ether oxygens (including phenoxy) is 3. The molecular formula is C19H18FNO5. The molecule has 0 spiro atoms. The summed E-state index contributed by atoms with van der Waals surface area (Å²) in [4.78, 5) is 23.0. The fraction of sp³-hybridized carbons (Fsp3) is 0.263. The molecule has 136 valence electrons. The number of esters is 1. The summed E-state index contributed by atoms with van der Waals surface area (Å²) in [5.74, 6) is -0.383. The maximum absolute atomic E-state index is 13.3. The molecule has 2 aromatic carbocycles. The summed E-state index contributed by atoms with van der Waals surface area (Å²) in [6, 6.07) is 11.2. The molecule has 0 saturated heterocycles. The minimum absolute atomic E-state index is 0.00708. The average molecular weight is 359 g/mol. The van der Waals surface area contributed by atoms with Crippen molar-refractivity contribution in [2.75, 3.05) is 25.1 Å². The number of aryl methyl sites for hydroxylation is 1. The number of carbonyl (C=O) groups excluding carboxylic acids is 2. The summed E-state index contributed by atoms with van der Waals surface area (Å²) in [5, 5.41) is 2.78. The van der Waals surface area contributed by atoms with E-state index >= 15 is 0 Å². The Morgan fingerprint density at radius 3 is 2.77 bits per heavy atom. The third kappa shape index (κ3) is 4.72. The van der Waals surface area contributed by atoms with E-state index in [0.717, 1.165) is 11.3 Å². The van der Waals surface area contributed by atoms with Gasteiger partial charge in [0.05, 0.1) is 0 Å². The first-order valence-electron chi connectivity index (χ1n) is 8.20. The lowest BCUT2D eigenvalue weighted by molar-refractivity contribution is -0.146. The molecule has 0 aliphatic carbocycles. The molecule has 0 atom stereocenters. The monoisotopic (exact) mass is 359 g/mol. The zero-order valence-corrected chi connectivity index (χ0v) is 14.0. The Hall–Kier alpha value is -3.09. The summed E-state index contributed by atoms with van der Waals surface area (Å²) in [5.41, 5.74) is 1.73. The van der Waals surface area contributed by atoms with Gasteiger partial charge in [0.25, 0.3) is 0 Å². The standard InChI is InChI=1S/C19H18FNO5/c20-15-3-1-2-4-17(15)24-9-10-25-19(23)12-26-14-6-7-16-13(11-14)5-8-18(22)21-16/h1-4,6-7,11H,5,8-10,12H2,(H,21,22). The van der Waals surface area contributed by atoms with E-state index in [2.05, 4.69) is 5.32 Å². The fourth-order valence-corrected chi connectivity index (χ4v) is 2.50. The van der Waals surface area contributed by atoms with E-state index in [1.165, 1.54) is 12.1 Å². The second-order valence-electron chi connectivity index (χ2n) is 5.66. The number of anilines is 1. The van der Waals surface area contributed by atoms with E-state index in [4.69, 9.17) is 14.2 Å². The number of carbonyl (C=O) groups is 2. The van der Waals surface area contributed by atoms with Crippen LogP contribution in [0.5, 0.6) is 11.5 Å². The number of rotatable bonds is 7. The fourth-order valence-electron chi connectivity index (χ4n) is 2.50. The van der Waals surface area contributed by atoms with Gasteiger partial charge in [0.2, 0.25) is 5.91 Å². The average Bonchev–Trinajstić information content (AvgIpc) is 2.65. The van der Waals surface area contributed by atoms with Gasteiger partial charge in [0.15, 0.2) is 18.2 Å². The molecule has 7 heteroatoms. The zero-order valence-electron chi connectivity index (χ0n) is 14.0. The van der Waals surface area contributed by atoms with Crippen LogP contribution in [0.15, 0.2) is 42.5 Å². The third-order valence-electron chi connectivity index (χ3n) is 3.77. The predicted molar refractivity (Wildman–Crippen MR) is 91.7 cm³/mol. The molecule has 0 unspecified atom stereocenters. The normalized spacial score (nSPS) is 12.7. The molecule has 3 rings (SSSR count). The Morgan fingerprint density at radius 2 is 1.92 bits per heavy atom. The molecule has 0 aromatic heterocycles. The predicted octanol–water partition coefficient (Wildman–Crippen LogP) is 2.71. The lowest BCUT2D eigenvalue weighted by Gasteiger charge is -2.17. The molecular weight excluding hydrogens is 341 g/mol. The van der Waals surface area contributed by atoms with E-state index in [0.29, 0.717) is 18.6 Å². The van der Waals surface area contributed by atoms with Gasteiger partial charge in [-0.15, -0.1) is 0 Å². The van der Waals surface area contributed by atoms with Crippen molar-refractivity contribution in [3.8, 4) is 11.5 Å². The molecule has 0 saturated carbocycles. The van der Waals surface area contributed by atoms with Crippen molar-refractivity contribution in [1.82, 2.24) is 0 Å². The summed E-state index contributed by atoms with van der Waals surface area (Å²) in [7, 11) is 0. The summed E-state index contributed by atoms with van der Waals surface area (Å²) in [6.45, 7) is -0.206. The van der Waals surface area contributed by atoms with E-state index in [9.17, 15) is 14.0 Å². The minimum Gasteiger partial charge on any atom is -0.487 e. The lowest BCUT2D eigenvalue weighted by atomic mass is 10.0. The van der Waals surface area contributed by atoms with Crippen molar-refractivity contribution in [2.45, 2.75) is 12.8 Å². The van der Waals surface area contributed by atoms with Gasteiger partial charge in [0, 0.05) is 12.1 Å². The Morgan fingerprint density at radius 1 is 1.08 bits per heavy atom. The largest absolute Gasteiger partial charge is 0.487 e. The van der Waals surface area contributed by atoms with Gasteiger partial charge in [-0.25, -0.2) is 9.18 Å². The summed E-state index contributed by atoms with van der Waals surface area (Å²) in [6.07, 6.45) is 1.07. The van der Waals surface area contributed by atoms with Gasteiger partial charge in [-0.3, -0.25) is 4.79 Å². The number of hydrogen-bond acceptors (Lipinski definition) is 5. The van der Waals surface area contributed by atoms with Crippen molar-refractivity contribution in [2.24, 2.45) is 0 Å². The maximum Gasteiger partial charge on any atom is 0.344 e. The third-order valence-corrected chi connectivity index (χ3v) is 3.77. The molecule has 1 aliphatic heterocycles. The molecule has 6 nitrogen and oxygen atoms in total. The van der Waals surface area contributed by atoms with Crippen LogP contribution in [0.25, 0.3) is 0 Å². The SMILES string of the molecule is O=C1CCc2cc(OCC(=O)OCCOc3ccccc3F)ccc2N1. The van der Waals surface area contributed by atoms with Crippen LogP contribution in [0, 0.1) is 5.82 Å². The molecule has 1 amide bonds. The van der Waals surface area contributed by atoms with Crippen LogP contribution < -0.4 is 14.8 Å². The van der Waals surface area contributed by atoms with Crippen molar-refractivity contribution >= 4 is 17.6 Å². The van der Waals surface area contributed by atoms with Gasteiger partial charge in [-0.05, 0) is 42.3 Å². The molecule has 0 fully saturated rings. The van der Waals surface area contributed by atoms with Crippen LogP contribution in [-0.2, 0) is 20.7 Å². The Kier molecular flexibility index (Phi) is 5.68. The zero-order chi connectivity index (χ0) is 18.4. The van der Waals surface area contributed by atoms with Gasteiger partial charge in [0.1, 0.15) is 19.0 Å². The highest BCUT2D eigenvalue weighted by molar-refractivity contribution is 5.94. The van der Waals surface area contributed by atoms with Crippen LogP contribution >= 0.6 is 0 Å². The number of nitrogens with one attached hydrogen (secondary N) is 1. The number of halogens is 1. The van der Waals surface area contributed by atoms with Crippen molar-refractivity contribution < 1.29 is 28.2 Å². The maximum atomic E-state index is 13.3. The number of amides is 1. The van der Waals surface area contributed by atoms with Crippen LogP contribution in [0.2, 0.25) is 0 Å². The summed E-state index contributed by atoms with van der Waals surface area (Å²) < 4.78 is 28.9. The highest BCUT2D eigenvalue weighted by atomic mass is 19.1. The van der Waals surface area contributed by atoms with Gasteiger partial charge >= 0.3 is 5.97 Å². The van der Waals surface area contributed by atoms with Crippen molar-refractivity contribution in [3.05, 3.63) is 53.8 Å². The van der Waals surface area contributed by atoms with Crippen molar-refractivity contribution in [1.29, 1.82) is 0 Å². The highest BCUT2D eigenvalue weighted by Gasteiger charge is 2.15. The molecule has 1 aliphatic rings. The molecule has 1 heterocycles. The second kappa shape index (κ2) is 8.33. The Labute approximate surface area is 149 Å². The number of hydrogen-bond donors (Lipinski definition) is 1. The Bertz CT molecular complexity index is 808. The molecule has 1 N–H and O–H groups in total. The van der Waals surface area contributed by atoms with E-state index < -0.39 is 11.8 Å². The minimum atomic E-state index is -0.548. The highest BCUT2D eigenvalue weighted by Crippen LogP contribution is 2.26. The molecule has 26 heavy (non-hydrogen) atoms. The topological polar surface area (TPSA) is 73.9 Å². The number of para-hydroxylation sites is 1. The molecule has 0 bridgehead atoms. The van der Waals surface area contributed by atoms with Crippen LogP contribution in [-0.4, -0.2) is 31.7 Å². The van der Waals surface area contributed by atoms with Gasteiger partial charge in [-0.1, -0.05) is 12.1 Å². The van der Waals surface area contributed by atoms with Crippen LogP contribution in [0.3, 0.4) is 0 Å². The van der Waals surface area contributed by atoms with E-state index in [-0.39, 0.29) is 31.5 Å². The van der Waals surface area contributed by atoms with Crippen LogP contribution in [0.4, 0.5) is 10.1 Å². The number of benzene rings is 2. The second-order valence-corrected chi connectivity index (χ2v) is 5.66.